The summed E-state index contributed by atoms with van der Waals surface area (Å²) in [6, 6.07) is 7.71. The fourth-order valence-corrected chi connectivity index (χ4v) is 5.33. The number of aromatic nitrogens is 2. The van der Waals surface area contributed by atoms with E-state index in [1.807, 2.05) is 24.3 Å². The molecule has 1 aliphatic carbocycles. The minimum absolute atomic E-state index is 0.00328. The van der Waals surface area contributed by atoms with Crippen LogP contribution in [0, 0.1) is 0 Å². The number of methoxy groups -OCH3 is 1. The highest BCUT2D eigenvalue weighted by Gasteiger charge is 2.21. The molecule has 0 atom stereocenters. The van der Waals surface area contributed by atoms with Crippen LogP contribution in [0.5, 0.6) is 5.75 Å². The van der Waals surface area contributed by atoms with E-state index in [-0.39, 0.29) is 5.91 Å². The van der Waals surface area contributed by atoms with Gasteiger partial charge in [0.1, 0.15) is 21.9 Å². The third kappa shape index (κ3) is 3.54. The molecule has 0 saturated carbocycles. The molecule has 3 aromatic rings. The summed E-state index contributed by atoms with van der Waals surface area (Å²) in [6.07, 6.45) is 5.04. The maximum atomic E-state index is 12.2. The molecule has 5 nitrogen and oxygen atoms in total. The van der Waals surface area contributed by atoms with Crippen molar-refractivity contribution in [2.75, 3.05) is 12.9 Å². The van der Waals surface area contributed by atoms with Crippen LogP contribution in [-0.2, 0) is 24.2 Å². The molecule has 134 valence electrons. The number of rotatable bonds is 6. The lowest BCUT2D eigenvalue weighted by Gasteiger charge is -2.07. The van der Waals surface area contributed by atoms with Crippen LogP contribution in [-0.4, -0.2) is 28.7 Å². The van der Waals surface area contributed by atoms with Crippen LogP contribution in [0.1, 0.15) is 22.4 Å². The van der Waals surface area contributed by atoms with Crippen LogP contribution in [0.15, 0.2) is 35.6 Å². The van der Waals surface area contributed by atoms with Gasteiger partial charge in [0.25, 0.3) is 0 Å². The second-order valence-corrected chi connectivity index (χ2v) is 8.18. The lowest BCUT2D eigenvalue weighted by molar-refractivity contribution is -0.118. The lowest BCUT2D eigenvalue weighted by Crippen LogP contribution is -2.24. The Kier molecular flexibility index (Phi) is 5.08. The molecule has 1 aromatic carbocycles. The molecule has 2 heterocycles. The number of thiophene rings is 1. The highest BCUT2D eigenvalue weighted by Crippen LogP contribution is 2.39. The zero-order valence-electron chi connectivity index (χ0n) is 14.4. The average Bonchev–Trinajstić information content (AvgIpc) is 3.26. The molecule has 0 fully saturated rings. The second-order valence-electron chi connectivity index (χ2n) is 6.13. The van der Waals surface area contributed by atoms with Gasteiger partial charge in [-0.25, -0.2) is 9.97 Å². The number of aryl methyl sites for hydroxylation is 2. The Morgan fingerprint density at radius 1 is 1.35 bits per heavy atom. The number of thioether (sulfide) groups is 1. The Morgan fingerprint density at radius 3 is 3.15 bits per heavy atom. The smallest absolute Gasteiger partial charge is 0.230 e. The molecule has 0 radical (unpaired) electrons. The Bertz CT molecular complexity index is 955. The normalized spacial score (nSPS) is 13.0. The number of benzene rings is 1. The molecule has 7 heteroatoms. The summed E-state index contributed by atoms with van der Waals surface area (Å²) in [5.41, 5.74) is 2.41. The zero-order valence-corrected chi connectivity index (χ0v) is 16.1. The van der Waals surface area contributed by atoms with E-state index < -0.39 is 0 Å². The molecule has 26 heavy (non-hydrogen) atoms. The van der Waals surface area contributed by atoms with Gasteiger partial charge < -0.3 is 10.1 Å². The number of amides is 1. The van der Waals surface area contributed by atoms with Crippen molar-refractivity contribution in [2.24, 2.45) is 0 Å². The number of nitrogens with zero attached hydrogens (tertiary/aromatic N) is 2. The van der Waals surface area contributed by atoms with Crippen LogP contribution in [0.4, 0.5) is 0 Å². The van der Waals surface area contributed by atoms with E-state index in [1.54, 1.807) is 24.8 Å². The molecule has 0 spiro atoms. The summed E-state index contributed by atoms with van der Waals surface area (Å²) in [5, 5.41) is 5.04. The zero-order chi connectivity index (χ0) is 17.9. The first-order valence-electron chi connectivity index (χ1n) is 8.52. The maximum Gasteiger partial charge on any atom is 0.230 e. The van der Waals surface area contributed by atoms with E-state index in [1.165, 1.54) is 28.6 Å². The Morgan fingerprint density at radius 2 is 2.27 bits per heavy atom. The van der Waals surface area contributed by atoms with Crippen molar-refractivity contribution in [2.45, 2.75) is 30.8 Å². The Balaban J connectivity index is 1.39. The molecule has 1 amide bonds. The molecular formula is C19H19N3O2S2. The van der Waals surface area contributed by atoms with Gasteiger partial charge in [-0.1, -0.05) is 23.9 Å². The first kappa shape index (κ1) is 17.3. The SMILES string of the molecule is COc1cccc(CNC(=O)CSc2ncnc3sc4c(c23)CCC4)c1. The van der Waals surface area contributed by atoms with Crippen LogP contribution < -0.4 is 10.1 Å². The van der Waals surface area contributed by atoms with Crippen molar-refractivity contribution in [1.29, 1.82) is 0 Å². The number of hydrogen-bond acceptors (Lipinski definition) is 6. The average molecular weight is 386 g/mol. The summed E-state index contributed by atoms with van der Waals surface area (Å²) in [5.74, 6) is 1.14. The molecule has 0 bridgehead atoms. The standard InChI is InChI=1S/C19H19N3O2S2/c1-24-13-5-2-4-12(8-13)9-20-16(23)10-25-18-17-14-6-3-7-15(14)26-19(17)22-11-21-18/h2,4-5,8,11H,3,6-7,9-10H2,1H3,(H,20,23). The van der Waals surface area contributed by atoms with Crippen LogP contribution in [0.3, 0.4) is 0 Å². The van der Waals surface area contributed by atoms with E-state index in [2.05, 4.69) is 15.3 Å². The van der Waals surface area contributed by atoms with Crippen molar-refractivity contribution in [1.82, 2.24) is 15.3 Å². The van der Waals surface area contributed by atoms with Crippen molar-refractivity contribution >= 4 is 39.2 Å². The summed E-state index contributed by atoms with van der Waals surface area (Å²) >= 11 is 3.26. The fraction of sp³-hybridized carbons (Fsp3) is 0.316. The largest absolute Gasteiger partial charge is 0.497 e. The summed E-state index contributed by atoms with van der Waals surface area (Å²) in [7, 11) is 1.64. The third-order valence-corrected chi connectivity index (χ3v) is 6.62. The number of fused-ring (bicyclic) bond motifs is 3. The molecule has 1 N–H and O–H groups in total. The monoisotopic (exact) mass is 385 g/mol. The summed E-state index contributed by atoms with van der Waals surface area (Å²) in [4.78, 5) is 23.6. The predicted molar refractivity (Wildman–Crippen MR) is 105 cm³/mol. The minimum atomic E-state index is -0.00328. The fourth-order valence-electron chi connectivity index (χ4n) is 3.18. The van der Waals surface area contributed by atoms with Crippen molar-refractivity contribution in [3.63, 3.8) is 0 Å². The lowest BCUT2D eigenvalue weighted by atomic mass is 10.2. The van der Waals surface area contributed by atoms with Crippen LogP contribution >= 0.6 is 23.1 Å². The second kappa shape index (κ2) is 7.63. The summed E-state index contributed by atoms with van der Waals surface area (Å²) < 4.78 is 5.21. The maximum absolute atomic E-state index is 12.2. The van der Waals surface area contributed by atoms with Crippen molar-refractivity contribution in [3.8, 4) is 5.75 Å². The van der Waals surface area contributed by atoms with Crippen molar-refractivity contribution < 1.29 is 9.53 Å². The van der Waals surface area contributed by atoms with Gasteiger partial charge >= 0.3 is 0 Å². The topological polar surface area (TPSA) is 64.1 Å². The molecule has 4 rings (SSSR count). The van der Waals surface area contributed by atoms with E-state index in [0.717, 1.165) is 39.4 Å². The van der Waals surface area contributed by atoms with Gasteiger partial charge in [-0.05, 0) is 42.5 Å². The number of nitrogens with one attached hydrogen (secondary N) is 1. The van der Waals surface area contributed by atoms with E-state index in [9.17, 15) is 4.79 Å². The molecule has 0 unspecified atom stereocenters. The number of carbonyl (C=O) groups excluding carboxylic acids is 1. The first-order chi connectivity index (χ1) is 12.7. The van der Waals surface area contributed by atoms with Gasteiger partial charge in [0.15, 0.2) is 0 Å². The molecule has 0 aliphatic heterocycles. The number of ether oxygens (including phenoxy) is 1. The van der Waals surface area contributed by atoms with E-state index in [0.29, 0.717) is 12.3 Å². The number of carbonyl (C=O) groups is 1. The predicted octanol–water partition coefficient (Wildman–Crippen LogP) is 3.60. The minimum Gasteiger partial charge on any atom is -0.497 e. The van der Waals surface area contributed by atoms with Gasteiger partial charge in [-0.15, -0.1) is 11.3 Å². The van der Waals surface area contributed by atoms with Gasteiger partial charge in [0.2, 0.25) is 5.91 Å². The van der Waals surface area contributed by atoms with E-state index >= 15 is 0 Å². The van der Waals surface area contributed by atoms with Crippen LogP contribution in [0.2, 0.25) is 0 Å². The molecule has 0 saturated heterocycles. The Labute approximate surface area is 160 Å². The quantitative estimate of drug-likeness (QED) is 0.519. The first-order valence-corrected chi connectivity index (χ1v) is 10.3. The van der Waals surface area contributed by atoms with Gasteiger partial charge in [-0.3, -0.25) is 4.79 Å². The molecular weight excluding hydrogens is 366 g/mol. The van der Waals surface area contributed by atoms with Crippen molar-refractivity contribution in [3.05, 3.63) is 46.6 Å². The van der Waals surface area contributed by atoms with Crippen LogP contribution in [0.25, 0.3) is 10.2 Å². The van der Waals surface area contributed by atoms with Gasteiger partial charge in [-0.2, -0.15) is 0 Å². The summed E-state index contributed by atoms with van der Waals surface area (Å²) in [6.45, 7) is 0.490. The van der Waals surface area contributed by atoms with Gasteiger partial charge in [0, 0.05) is 16.8 Å². The highest BCUT2D eigenvalue weighted by atomic mass is 32.2. The number of hydrogen-bond donors (Lipinski definition) is 1. The molecule has 2 aromatic heterocycles. The third-order valence-electron chi connectivity index (χ3n) is 4.43. The molecule has 1 aliphatic rings. The Hall–Kier alpha value is -2.12. The highest BCUT2D eigenvalue weighted by molar-refractivity contribution is 8.00. The van der Waals surface area contributed by atoms with Gasteiger partial charge in [0.05, 0.1) is 12.9 Å². The van der Waals surface area contributed by atoms with E-state index in [4.69, 9.17) is 4.74 Å².